The number of nitrogens with zero attached hydrogens (tertiary/aromatic N) is 2. The quantitative estimate of drug-likeness (QED) is 0.751. The molecule has 0 atom stereocenters. The van der Waals surface area contributed by atoms with Gasteiger partial charge < -0.3 is 10.6 Å². The number of carbonyl (C=O) groups excluding carboxylic acids is 1. The van der Waals surface area contributed by atoms with Gasteiger partial charge in [0.2, 0.25) is 5.91 Å². The molecule has 1 aromatic rings. The summed E-state index contributed by atoms with van der Waals surface area (Å²) in [5.74, 6) is 0.673. The van der Waals surface area contributed by atoms with Gasteiger partial charge in [0.25, 0.3) is 5.56 Å². The first-order chi connectivity index (χ1) is 10.6. The number of hydrogen-bond donors (Lipinski definition) is 2. The van der Waals surface area contributed by atoms with Crippen molar-refractivity contribution >= 4 is 27.5 Å². The highest BCUT2D eigenvalue weighted by atomic mass is 79.9. The van der Waals surface area contributed by atoms with Crippen LogP contribution in [0.5, 0.6) is 0 Å². The van der Waals surface area contributed by atoms with Crippen LogP contribution in [0.1, 0.15) is 38.5 Å². The molecule has 6 nitrogen and oxygen atoms in total. The molecule has 1 saturated carbocycles. The van der Waals surface area contributed by atoms with E-state index in [0.29, 0.717) is 35.6 Å². The molecule has 0 aliphatic heterocycles. The van der Waals surface area contributed by atoms with E-state index in [4.69, 9.17) is 0 Å². The Bertz CT molecular complexity index is 567. The minimum Gasteiger partial charge on any atom is -0.381 e. The van der Waals surface area contributed by atoms with Crippen LogP contribution in [0.3, 0.4) is 0 Å². The van der Waals surface area contributed by atoms with Crippen LogP contribution < -0.4 is 16.2 Å². The minimum absolute atomic E-state index is 0.120. The molecule has 7 heteroatoms. The molecule has 1 aromatic heterocycles. The third-order valence-electron chi connectivity index (χ3n) is 4.04. The second-order valence-corrected chi connectivity index (χ2v) is 6.58. The van der Waals surface area contributed by atoms with Gasteiger partial charge in [-0.3, -0.25) is 9.59 Å². The maximum Gasteiger partial charge on any atom is 0.282 e. The van der Waals surface area contributed by atoms with E-state index in [2.05, 4.69) is 31.7 Å². The Hall–Kier alpha value is -1.37. The molecule has 0 bridgehead atoms. The van der Waals surface area contributed by atoms with Crippen LogP contribution in [-0.4, -0.2) is 28.8 Å². The molecular formula is C15H23BrN4O2. The number of amides is 1. The van der Waals surface area contributed by atoms with Gasteiger partial charge >= 0.3 is 0 Å². The predicted molar refractivity (Wildman–Crippen MR) is 89.9 cm³/mol. The standard InChI is InChI=1S/C15H23BrN4O2/c1-20-15(22)14(16)12(10-19-20)17-7-8-18-13(21)9-11-5-3-2-4-6-11/h10-11,17H,2-9H2,1H3,(H,18,21). The number of aryl methyl sites for hydroxylation is 1. The van der Waals surface area contributed by atoms with E-state index in [-0.39, 0.29) is 11.5 Å². The highest BCUT2D eigenvalue weighted by Gasteiger charge is 2.16. The molecule has 1 aliphatic carbocycles. The van der Waals surface area contributed by atoms with E-state index in [1.165, 1.54) is 36.8 Å². The Morgan fingerprint density at radius 2 is 2.09 bits per heavy atom. The first-order valence-electron chi connectivity index (χ1n) is 7.80. The fraction of sp³-hybridized carbons (Fsp3) is 0.667. The van der Waals surface area contributed by atoms with Crippen LogP contribution in [0.25, 0.3) is 0 Å². The number of carbonyl (C=O) groups is 1. The summed E-state index contributed by atoms with van der Waals surface area (Å²) in [6.45, 7) is 1.09. The predicted octanol–water partition coefficient (Wildman–Crippen LogP) is 2.04. The molecule has 0 saturated heterocycles. The first-order valence-corrected chi connectivity index (χ1v) is 8.59. The molecule has 1 amide bonds. The van der Waals surface area contributed by atoms with E-state index in [1.54, 1.807) is 13.2 Å². The van der Waals surface area contributed by atoms with Crippen LogP contribution in [0.15, 0.2) is 15.5 Å². The Morgan fingerprint density at radius 1 is 1.36 bits per heavy atom. The van der Waals surface area contributed by atoms with Gasteiger partial charge in [-0.1, -0.05) is 19.3 Å². The van der Waals surface area contributed by atoms with E-state index in [0.717, 1.165) is 0 Å². The smallest absolute Gasteiger partial charge is 0.282 e. The van der Waals surface area contributed by atoms with Crippen molar-refractivity contribution in [3.05, 3.63) is 21.0 Å². The zero-order valence-corrected chi connectivity index (χ0v) is 14.5. The molecule has 0 radical (unpaired) electrons. The minimum atomic E-state index is -0.189. The fourth-order valence-corrected chi connectivity index (χ4v) is 3.26. The maximum atomic E-state index is 11.9. The molecule has 0 aromatic carbocycles. The summed E-state index contributed by atoms with van der Waals surface area (Å²) in [6, 6.07) is 0. The van der Waals surface area contributed by atoms with Gasteiger partial charge in [-0.25, -0.2) is 4.68 Å². The summed E-state index contributed by atoms with van der Waals surface area (Å²) in [7, 11) is 1.60. The van der Waals surface area contributed by atoms with Crippen molar-refractivity contribution in [3.8, 4) is 0 Å². The van der Waals surface area contributed by atoms with Crippen LogP contribution >= 0.6 is 15.9 Å². The van der Waals surface area contributed by atoms with Crippen LogP contribution in [0, 0.1) is 5.92 Å². The van der Waals surface area contributed by atoms with Crippen LogP contribution in [0.2, 0.25) is 0 Å². The van der Waals surface area contributed by atoms with Gasteiger partial charge in [0.1, 0.15) is 4.47 Å². The van der Waals surface area contributed by atoms with Crippen LogP contribution in [0.4, 0.5) is 5.69 Å². The topological polar surface area (TPSA) is 76.0 Å². The van der Waals surface area contributed by atoms with Gasteiger partial charge in [0.05, 0.1) is 11.9 Å². The zero-order valence-electron chi connectivity index (χ0n) is 12.9. The molecule has 2 N–H and O–H groups in total. The van der Waals surface area contributed by atoms with E-state index < -0.39 is 0 Å². The molecule has 0 spiro atoms. The Labute approximate surface area is 138 Å². The first kappa shape index (κ1) is 17.0. The summed E-state index contributed by atoms with van der Waals surface area (Å²) < 4.78 is 1.72. The summed E-state index contributed by atoms with van der Waals surface area (Å²) in [6.07, 6.45) is 8.40. The third kappa shape index (κ3) is 4.83. The second-order valence-electron chi connectivity index (χ2n) is 5.79. The van der Waals surface area contributed by atoms with Gasteiger partial charge in [0, 0.05) is 26.6 Å². The summed E-state index contributed by atoms with van der Waals surface area (Å²) in [5, 5.41) is 9.98. The lowest BCUT2D eigenvalue weighted by atomic mass is 9.87. The number of aromatic nitrogens is 2. The van der Waals surface area contributed by atoms with Crippen molar-refractivity contribution < 1.29 is 4.79 Å². The number of nitrogens with one attached hydrogen (secondary N) is 2. The van der Waals surface area contributed by atoms with E-state index >= 15 is 0 Å². The third-order valence-corrected chi connectivity index (χ3v) is 4.81. The average molecular weight is 371 g/mol. The van der Waals surface area contributed by atoms with Gasteiger partial charge in [-0.05, 0) is 34.7 Å². The van der Waals surface area contributed by atoms with Crippen molar-refractivity contribution in [2.45, 2.75) is 38.5 Å². The molecule has 122 valence electrons. The molecule has 1 heterocycles. The highest BCUT2D eigenvalue weighted by molar-refractivity contribution is 9.10. The van der Waals surface area contributed by atoms with Crippen molar-refractivity contribution in [3.63, 3.8) is 0 Å². The van der Waals surface area contributed by atoms with Crippen molar-refractivity contribution in [2.24, 2.45) is 13.0 Å². The Kier molecular flexibility index (Phi) is 6.42. The highest BCUT2D eigenvalue weighted by Crippen LogP contribution is 2.25. The van der Waals surface area contributed by atoms with Gasteiger partial charge in [0.15, 0.2) is 0 Å². The van der Waals surface area contributed by atoms with Crippen molar-refractivity contribution in [2.75, 3.05) is 18.4 Å². The van der Waals surface area contributed by atoms with E-state index in [9.17, 15) is 9.59 Å². The largest absolute Gasteiger partial charge is 0.381 e. The number of anilines is 1. The molecule has 1 fully saturated rings. The summed E-state index contributed by atoms with van der Waals surface area (Å²) in [4.78, 5) is 23.6. The second kappa shape index (κ2) is 8.31. The molecular weight excluding hydrogens is 348 g/mol. The summed E-state index contributed by atoms with van der Waals surface area (Å²) >= 11 is 3.25. The Morgan fingerprint density at radius 3 is 2.82 bits per heavy atom. The molecule has 1 aliphatic rings. The molecule has 22 heavy (non-hydrogen) atoms. The fourth-order valence-electron chi connectivity index (χ4n) is 2.76. The van der Waals surface area contributed by atoms with Gasteiger partial charge in [-0.2, -0.15) is 5.10 Å². The number of hydrogen-bond acceptors (Lipinski definition) is 4. The monoisotopic (exact) mass is 370 g/mol. The van der Waals surface area contributed by atoms with E-state index in [1.807, 2.05) is 0 Å². The van der Waals surface area contributed by atoms with Crippen molar-refractivity contribution in [1.82, 2.24) is 15.1 Å². The average Bonchev–Trinajstić information content (AvgIpc) is 2.52. The normalized spacial score (nSPS) is 15.5. The molecule has 2 rings (SSSR count). The molecule has 0 unspecified atom stereocenters. The Balaban J connectivity index is 1.69. The maximum absolute atomic E-state index is 11.9. The SMILES string of the molecule is Cn1ncc(NCCNC(=O)CC2CCCCC2)c(Br)c1=O. The summed E-state index contributed by atoms with van der Waals surface area (Å²) in [5.41, 5.74) is 0.455. The van der Waals surface area contributed by atoms with Crippen molar-refractivity contribution in [1.29, 1.82) is 0 Å². The lowest BCUT2D eigenvalue weighted by molar-refractivity contribution is -0.122. The van der Waals surface area contributed by atoms with Gasteiger partial charge in [-0.15, -0.1) is 0 Å². The number of halogens is 1. The lowest BCUT2D eigenvalue weighted by Gasteiger charge is -2.20. The lowest BCUT2D eigenvalue weighted by Crippen LogP contribution is -2.31. The zero-order chi connectivity index (χ0) is 15.9. The number of rotatable bonds is 6. The van der Waals surface area contributed by atoms with Crippen LogP contribution in [-0.2, 0) is 11.8 Å².